The minimum Gasteiger partial charge on any atom is -0.392 e. The zero-order valence-electron chi connectivity index (χ0n) is 11.0. The summed E-state index contributed by atoms with van der Waals surface area (Å²) in [5.41, 5.74) is 0.556. The minimum atomic E-state index is -3.59. The van der Waals surface area contributed by atoms with Crippen LogP contribution in [0.25, 0.3) is 0 Å². The molecule has 0 amide bonds. The Labute approximate surface area is 122 Å². The molecule has 7 heteroatoms. The van der Waals surface area contributed by atoms with Crippen molar-refractivity contribution in [2.24, 2.45) is 0 Å². The second-order valence-electron chi connectivity index (χ2n) is 3.95. The van der Waals surface area contributed by atoms with Crippen LogP contribution in [0.5, 0.6) is 0 Å². The van der Waals surface area contributed by atoms with Crippen LogP contribution in [0, 0.1) is 0 Å². The second kappa shape index (κ2) is 7.35. The second-order valence-corrected chi connectivity index (χ2v) is 6.81. The highest BCUT2D eigenvalue weighted by Crippen LogP contribution is 2.25. The van der Waals surface area contributed by atoms with Crippen LogP contribution in [-0.4, -0.2) is 44.6 Å². The molecule has 0 bridgehead atoms. The van der Waals surface area contributed by atoms with Gasteiger partial charge in [-0.05, 0) is 40.5 Å². The highest BCUT2D eigenvalue weighted by molar-refractivity contribution is 9.10. The van der Waals surface area contributed by atoms with E-state index in [1.54, 1.807) is 12.1 Å². The number of sulfonamides is 1. The Kier molecular flexibility index (Phi) is 6.41. The zero-order valence-corrected chi connectivity index (χ0v) is 13.4. The summed E-state index contributed by atoms with van der Waals surface area (Å²) in [6.07, 6.45) is 0. The first-order valence-corrected chi connectivity index (χ1v) is 8.10. The fourth-order valence-electron chi connectivity index (χ4n) is 1.47. The third-order valence-electron chi connectivity index (χ3n) is 2.62. The van der Waals surface area contributed by atoms with Gasteiger partial charge in [-0.15, -0.1) is 0 Å². The Hall–Kier alpha value is -0.470. The van der Waals surface area contributed by atoms with E-state index < -0.39 is 10.0 Å². The average molecular weight is 352 g/mol. The summed E-state index contributed by atoms with van der Waals surface area (Å²) in [6.45, 7) is 2.85. The van der Waals surface area contributed by atoms with Gasteiger partial charge in [0.1, 0.15) is 0 Å². The molecule has 1 rings (SSSR count). The Morgan fingerprint density at radius 1 is 1.42 bits per heavy atom. The number of hydrogen-bond donors (Lipinski definition) is 1. The molecular weight excluding hydrogens is 334 g/mol. The predicted molar refractivity (Wildman–Crippen MR) is 76.4 cm³/mol. The average Bonchev–Trinajstić information content (AvgIpc) is 2.39. The zero-order chi connectivity index (χ0) is 14.5. The predicted octanol–water partition coefficient (Wildman–Crippen LogP) is 1.60. The maximum Gasteiger partial charge on any atom is 0.244 e. The quantitative estimate of drug-likeness (QED) is 0.757. The van der Waals surface area contributed by atoms with Gasteiger partial charge in [-0.3, -0.25) is 0 Å². The van der Waals surface area contributed by atoms with Crippen molar-refractivity contribution in [3.8, 4) is 0 Å². The topological polar surface area (TPSA) is 66.8 Å². The fourth-order valence-corrected chi connectivity index (χ4v) is 3.60. The highest BCUT2D eigenvalue weighted by atomic mass is 79.9. The molecule has 0 saturated carbocycles. The molecule has 108 valence electrons. The van der Waals surface area contributed by atoms with Crippen molar-refractivity contribution < 1.29 is 18.3 Å². The lowest BCUT2D eigenvalue weighted by molar-refractivity contribution is 0.138. The number of halogens is 1. The molecule has 0 saturated heterocycles. The minimum absolute atomic E-state index is 0.151. The van der Waals surface area contributed by atoms with Crippen molar-refractivity contribution >= 4 is 26.0 Å². The number of benzene rings is 1. The monoisotopic (exact) mass is 351 g/mol. The van der Waals surface area contributed by atoms with Crippen molar-refractivity contribution in [1.82, 2.24) is 4.31 Å². The number of aliphatic hydroxyl groups excluding tert-OH is 1. The molecule has 0 spiro atoms. The van der Waals surface area contributed by atoms with E-state index in [9.17, 15) is 8.42 Å². The number of likely N-dealkylation sites (N-methyl/N-ethyl adjacent to an activating group) is 1. The van der Waals surface area contributed by atoms with Gasteiger partial charge in [-0.25, -0.2) is 8.42 Å². The molecule has 1 N–H and O–H groups in total. The van der Waals surface area contributed by atoms with Gasteiger partial charge in [0, 0.05) is 24.7 Å². The molecule has 19 heavy (non-hydrogen) atoms. The molecule has 1 aromatic rings. The lowest BCUT2D eigenvalue weighted by atomic mass is 10.2. The van der Waals surface area contributed by atoms with Gasteiger partial charge >= 0.3 is 0 Å². The molecule has 0 aliphatic rings. The van der Waals surface area contributed by atoms with Gasteiger partial charge in [-0.2, -0.15) is 4.31 Å². The highest BCUT2D eigenvalue weighted by Gasteiger charge is 2.23. The molecule has 0 radical (unpaired) electrons. The standard InChI is InChI=1S/C12H18BrNO4S/c1-3-18-7-6-14(2)19(16,17)12-8-10(9-15)4-5-11(12)13/h4-5,8,15H,3,6-7,9H2,1-2H3. The van der Waals surface area contributed by atoms with E-state index in [0.717, 1.165) is 0 Å². The first-order chi connectivity index (χ1) is 8.93. The smallest absolute Gasteiger partial charge is 0.244 e. The summed E-state index contributed by atoms with van der Waals surface area (Å²) in [5.74, 6) is 0. The molecule has 0 atom stereocenters. The maximum absolute atomic E-state index is 12.4. The molecule has 0 heterocycles. The summed E-state index contributed by atoms with van der Waals surface area (Å²) in [4.78, 5) is 0.151. The van der Waals surface area contributed by atoms with Crippen LogP contribution in [-0.2, 0) is 21.4 Å². The summed E-state index contributed by atoms with van der Waals surface area (Å²) >= 11 is 3.23. The third kappa shape index (κ3) is 4.25. The summed E-state index contributed by atoms with van der Waals surface area (Å²) in [7, 11) is -2.08. The van der Waals surface area contributed by atoms with E-state index in [1.165, 1.54) is 17.4 Å². The van der Waals surface area contributed by atoms with Crippen LogP contribution in [0.1, 0.15) is 12.5 Å². The van der Waals surface area contributed by atoms with E-state index in [2.05, 4.69) is 15.9 Å². The SMILES string of the molecule is CCOCCN(C)S(=O)(=O)c1cc(CO)ccc1Br. The molecule has 5 nitrogen and oxygen atoms in total. The number of hydrogen-bond acceptors (Lipinski definition) is 4. The maximum atomic E-state index is 12.4. The van der Waals surface area contributed by atoms with Crippen molar-refractivity contribution in [1.29, 1.82) is 0 Å². The molecular formula is C12H18BrNO4S. The number of aliphatic hydroxyl groups is 1. The first-order valence-electron chi connectivity index (χ1n) is 5.86. The van der Waals surface area contributed by atoms with Gasteiger partial charge in [0.15, 0.2) is 0 Å². The van der Waals surface area contributed by atoms with Crippen LogP contribution < -0.4 is 0 Å². The van der Waals surface area contributed by atoms with Crippen LogP contribution in [0.2, 0.25) is 0 Å². The van der Waals surface area contributed by atoms with Crippen molar-refractivity contribution in [2.75, 3.05) is 26.8 Å². The number of nitrogens with zero attached hydrogens (tertiary/aromatic N) is 1. The lowest BCUT2D eigenvalue weighted by Crippen LogP contribution is -2.30. The van der Waals surface area contributed by atoms with Crippen molar-refractivity contribution in [3.63, 3.8) is 0 Å². The number of rotatable bonds is 7. The summed E-state index contributed by atoms with van der Waals surface area (Å²) in [6, 6.07) is 4.76. The van der Waals surface area contributed by atoms with Crippen LogP contribution in [0.3, 0.4) is 0 Å². The number of ether oxygens (including phenoxy) is 1. The van der Waals surface area contributed by atoms with E-state index in [4.69, 9.17) is 9.84 Å². The third-order valence-corrected chi connectivity index (χ3v) is 5.47. The molecule has 1 aromatic carbocycles. The van der Waals surface area contributed by atoms with Gasteiger partial charge in [0.25, 0.3) is 0 Å². The Morgan fingerprint density at radius 3 is 2.68 bits per heavy atom. The summed E-state index contributed by atoms with van der Waals surface area (Å²) < 4.78 is 31.6. The van der Waals surface area contributed by atoms with E-state index in [-0.39, 0.29) is 18.0 Å². The first kappa shape index (κ1) is 16.6. The molecule has 0 unspecified atom stereocenters. The van der Waals surface area contributed by atoms with E-state index in [0.29, 0.717) is 23.2 Å². The Morgan fingerprint density at radius 2 is 2.11 bits per heavy atom. The van der Waals surface area contributed by atoms with Gasteiger partial charge in [-0.1, -0.05) is 6.07 Å². The van der Waals surface area contributed by atoms with Crippen LogP contribution in [0.4, 0.5) is 0 Å². The molecule has 0 aliphatic carbocycles. The van der Waals surface area contributed by atoms with E-state index >= 15 is 0 Å². The van der Waals surface area contributed by atoms with Gasteiger partial charge in [0.05, 0.1) is 18.1 Å². The molecule has 0 aliphatic heterocycles. The molecule has 0 fully saturated rings. The normalized spacial score (nSPS) is 12.1. The van der Waals surface area contributed by atoms with Gasteiger partial charge < -0.3 is 9.84 Å². The van der Waals surface area contributed by atoms with Gasteiger partial charge in [0.2, 0.25) is 10.0 Å². The van der Waals surface area contributed by atoms with Crippen LogP contribution >= 0.6 is 15.9 Å². The largest absolute Gasteiger partial charge is 0.392 e. The van der Waals surface area contributed by atoms with E-state index in [1.807, 2.05) is 6.92 Å². The Balaban J connectivity index is 2.99. The van der Waals surface area contributed by atoms with Crippen molar-refractivity contribution in [2.45, 2.75) is 18.4 Å². The van der Waals surface area contributed by atoms with Crippen molar-refractivity contribution in [3.05, 3.63) is 28.2 Å². The lowest BCUT2D eigenvalue weighted by Gasteiger charge is -2.18. The fraction of sp³-hybridized carbons (Fsp3) is 0.500. The van der Waals surface area contributed by atoms with Crippen LogP contribution in [0.15, 0.2) is 27.6 Å². The Bertz CT molecular complexity index is 518. The molecule has 0 aromatic heterocycles. The summed E-state index contributed by atoms with van der Waals surface area (Å²) in [5, 5.41) is 9.09.